The van der Waals surface area contributed by atoms with Gasteiger partial charge in [-0.3, -0.25) is 0 Å². The number of ether oxygens (including phenoxy) is 1. The molecule has 94 valence electrons. The second-order valence-electron chi connectivity index (χ2n) is 5.96. The SMILES string of the molecule is C=C/C(=C/O)OCC1CC2CC1C1CCCC21. The molecule has 0 aromatic rings. The zero-order valence-electron chi connectivity index (χ0n) is 10.3. The van der Waals surface area contributed by atoms with Crippen molar-refractivity contribution in [3.63, 3.8) is 0 Å². The lowest BCUT2D eigenvalue weighted by Gasteiger charge is -2.31. The molecule has 2 bridgehead atoms. The van der Waals surface area contributed by atoms with Crippen LogP contribution in [0.25, 0.3) is 0 Å². The van der Waals surface area contributed by atoms with Crippen molar-refractivity contribution in [3.05, 3.63) is 24.7 Å². The maximum Gasteiger partial charge on any atom is 0.152 e. The zero-order valence-corrected chi connectivity index (χ0v) is 10.3. The van der Waals surface area contributed by atoms with E-state index in [1.54, 1.807) is 6.08 Å². The van der Waals surface area contributed by atoms with Crippen LogP contribution in [0.1, 0.15) is 32.1 Å². The summed E-state index contributed by atoms with van der Waals surface area (Å²) in [6.45, 7) is 4.39. The van der Waals surface area contributed by atoms with Crippen molar-refractivity contribution in [1.29, 1.82) is 0 Å². The number of hydrogen-bond acceptors (Lipinski definition) is 2. The molecule has 1 N–H and O–H groups in total. The van der Waals surface area contributed by atoms with Crippen molar-refractivity contribution in [2.24, 2.45) is 29.6 Å². The van der Waals surface area contributed by atoms with Crippen molar-refractivity contribution in [1.82, 2.24) is 0 Å². The molecule has 0 spiro atoms. The van der Waals surface area contributed by atoms with Gasteiger partial charge in [-0.15, -0.1) is 0 Å². The van der Waals surface area contributed by atoms with Gasteiger partial charge < -0.3 is 9.84 Å². The molecule has 3 rings (SSSR count). The van der Waals surface area contributed by atoms with E-state index in [0.29, 0.717) is 11.7 Å². The average molecular weight is 234 g/mol. The van der Waals surface area contributed by atoms with E-state index >= 15 is 0 Å². The molecule has 5 unspecified atom stereocenters. The first-order valence-electron chi connectivity index (χ1n) is 6.93. The average Bonchev–Trinajstić information content (AvgIpc) is 3.02. The van der Waals surface area contributed by atoms with Crippen LogP contribution in [-0.4, -0.2) is 11.7 Å². The molecule has 17 heavy (non-hydrogen) atoms. The zero-order chi connectivity index (χ0) is 11.8. The Balaban J connectivity index is 1.59. The normalized spacial score (nSPS) is 43.8. The van der Waals surface area contributed by atoms with Crippen molar-refractivity contribution >= 4 is 0 Å². The summed E-state index contributed by atoms with van der Waals surface area (Å²) in [5.74, 6) is 5.14. The van der Waals surface area contributed by atoms with Crippen molar-refractivity contribution in [2.75, 3.05) is 6.61 Å². The lowest BCUT2D eigenvalue weighted by Crippen LogP contribution is -2.27. The van der Waals surface area contributed by atoms with Gasteiger partial charge in [-0.25, -0.2) is 0 Å². The fraction of sp³-hybridized carbons (Fsp3) is 0.733. The molecule has 3 saturated carbocycles. The van der Waals surface area contributed by atoms with Gasteiger partial charge in [-0.2, -0.15) is 0 Å². The number of aliphatic hydroxyl groups is 1. The standard InChI is InChI=1S/C15H22O2/c1-2-12(8-16)17-9-11-6-10-7-15(11)14-5-3-4-13(10)14/h2,8,10-11,13-16H,1,3-7,9H2/b12-8-. The van der Waals surface area contributed by atoms with Gasteiger partial charge in [0.05, 0.1) is 6.61 Å². The Morgan fingerprint density at radius 1 is 1.24 bits per heavy atom. The predicted molar refractivity (Wildman–Crippen MR) is 67.4 cm³/mol. The van der Waals surface area contributed by atoms with Gasteiger partial charge in [0.2, 0.25) is 0 Å². The molecular formula is C15H22O2. The summed E-state index contributed by atoms with van der Waals surface area (Å²) < 4.78 is 5.62. The van der Waals surface area contributed by atoms with Gasteiger partial charge in [-0.05, 0) is 61.3 Å². The van der Waals surface area contributed by atoms with Crippen LogP contribution < -0.4 is 0 Å². The summed E-state index contributed by atoms with van der Waals surface area (Å²) in [4.78, 5) is 0. The van der Waals surface area contributed by atoms with E-state index in [2.05, 4.69) is 6.58 Å². The van der Waals surface area contributed by atoms with Gasteiger partial charge >= 0.3 is 0 Å². The van der Waals surface area contributed by atoms with Gasteiger partial charge in [0, 0.05) is 0 Å². The van der Waals surface area contributed by atoms with E-state index in [0.717, 1.165) is 36.5 Å². The number of hydrogen-bond donors (Lipinski definition) is 1. The number of rotatable bonds is 4. The molecule has 0 heterocycles. The Hall–Kier alpha value is -0.920. The lowest BCUT2D eigenvalue weighted by molar-refractivity contribution is 0.0966. The first kappa shape index (κ1) is 11.2. The van der Waals surface area contributed by atoms with E-state index in [1.165, 1.54) is 32.1 Å². The van der Waals surface area contributed by atoms with E-state index in [1.807, 2.05) is 0 Å². The molecule has 0 aromatic carbocycles. The van der Waals surface area contributed by atoms with E-state index in [9.17, 15) is 0 Å². The molecule has 0 aliphatic heterocycles. The molecule has 3 fully saturated rings. The monoisotopic (exact) mass is 234 g/mol. The minimum Gasteiger partial charge on any atom is -0.512 e. The van der Waals surface area contributed by atoms with Crippen molar-refractivity contribution in [3.8, 4) is 0 Å². The van der Waals surface area contributed by atoms with Crippen LogP contribution in [0, 0.1) is 29.6 Å². The largest absolute Gasteiger partial charge is 0.512 e. The maximum atomic E-state index is 8.92. The first-order valence-corrected chi connectivity index (χ1v) is 6.93. The fourth-order valence-electron chi connectivity index (χ4n) is 4.75. The van der Waals surface area contributed by atoms with Crippen LogP contribution in [0.3, 0.4) is 0 Å². The predicted octanol–water partition coefficient (Wildman–Crippen LogP) is 3.66. The van der Waals surface area contributed by atoms with E-state index in [-0.39, 0.29) is 0 Å². The molecule has 3 aliphatic carbocycles. The summed E-state index contributed by atoms with van der Waals surface area (Å²) in [7, 11) is 0. The lowest BCUT2D eigenvalue weighted by atomic mass is 9.76. The van der Waals surface area contributed by atoms with Crippen LogP contribution >= 0.6 is 0 Å². The van der Waals surface area contributed by atoms with Gasteiger partial charge in [0.15, 0.2) is 5.76 Å². The topological polar surface area (TPSA) is 29.5 Å². The van der Waals surface area contributed by atoms with Crippen LogP contribution in [0.2, 0.25) is 0 Å². The van der Waals surface area contributed by atoms with Crippen LogP contribution in [0.15, 0.2) is 24.7 Å². The first-order chi connectivity index (χ1) is 8.33. The quantitative estimate of drug-likeness (QED) is 0.594. The number of fused-ring (bicyclic) bond motifs is 5. The number of allylic oxidation sites excluding steroid dienone is 1. The van der Waals surface area contributed by atoms with Crippen molar-refractivity contribution in [2.45, 2.75) is 32.1 Å². The molecular weight excluding hydrogens is 212 g/mol. The van der Waals surface area contributed by atoms with Crippen LogP contribution in [-0.2, 0) is 4.74 Å². The van der Waals surface area contributed by atoms with E-state index < -0.39 is 0 Å². The summed E-state index contributed by atoms with van der Waals surface area (Å²) in [6, 6.07) is 0. The fourth-order valence-corrected chi connectivity index (χ4v) is 4.75. The molecule has 0 saturated heterocycles. The smallest absolute Gasteiger partial charge is 0.152 e. The summed E-state index contributed by atoms with van der Waals surface area (Å²) in [5.41, 5.74) is 0. The number of aliphatic hydroxyl groups excluding tert-OH is 1. The highest BCUT2D eigenvalue weighted by molar-refractivity contribution is 5.06. The summed E-state index contributed by atoms with van der Waals surface area (Å²) >= 11 is 0. The third-order valence-electron chi connectivity index (χ3n) is 5.36. The van der Waals surface area contributed by atoms with Gasteiger partial charge in [0.1, 0.15) is 6.26 Å². The molecule has 0 aromatic heterocycles. The third-order valence-corrected chi connectivity index (χ3v) is 5.36. The molecule has 3 aliphatic rings. The highest BCUT2D eigenvalue weighted by Gasteiger charge is 2.53. The Morgan fingerprint density at radius 2 is 2.06 bits per heavy atom. The Bertz CT molecular complexity index is 334. The van der Waals surface area contributed by atoms with E-state index in [4.69, 9.17) is 9.84 Å². The van der Waals surface area contributed by atoms with Crippen molar-refractivity contribution < 1.29 is 9.84 Å². The minimum absolute atomic E-state index is 0.510. The molecule has 5 atom stereocenters. The highest BCUT2D eigenvalue weighted by atomic mass is 16.5. The molecule has 2 nitrogen and oxygen atoms in total. The molecule has 0 amide bonds. The minimum atomic E-state index is 0.510. The second-order valence-corrected chi connectivity index (χ2v) is 5.96. The van der Waals surface area contributed by atoms with Crippen LogP contribution in [0.5, 0.6) is 0 Å². The van der Waals surface area contributed by atoms with Gasteiger partial charge in [-0.1, -0.05) is 13.0 Å². The molecule has 0 radical (unpaired) electrons. The molecule has 2 heteroatoms. The van der Waals surface area contributed by atoms with Crippen LogP contribution in [0.4, 0.5) is 0 Å². The Labute approximate surface area is 103 Å². The summed E-state index contributed by atoms with van der Waals surface area (Å²) in [5, 5.41) is 8.92. The Kier molecular flexibility index (Phi) is 2.89. The highest BCUT2D eigenvalue weighted by Crippen LogP contribution is 2.60. The van der Waals surface area contributed by atoms with Gasteiger partial charge in [0.25, 0.3) is 0 Å². The third kappa shape index (κ3) is 1.78. The second kappa shape index (κ2) is 4.40. The Morgan fingerprint density at radius 3 is 2.82 bits per heavy atom. The summed E-state index contributed by atoms with van der Waals surface area (Å²) in [6.07, 6.45) is 9.76. The maximum absolute atomic E-state index is 8.92.